The van der Waals surface area contributed by atoms with Crippen LogP contribution >= 0.6 is 0 Å². The van der Waals surface area contributed by atoms with Gasteiger partial charge in [-0.15, -0.1) is 0 Å². The fourth-order valence-corrected chi connectivity index (χ4v) is 4.84. The maximum Gasteiger partial charge on any atom is 0.231 e. The number of nitrogens with one attached hydrogen (secondary N) is 1. The molecule has 0 spiro atoms. The molecule has 0 aromatic heterocycles. The van der Waals surface area contributed by atoms with Gasteiger partial charge < -0.3 is 33.9 Å². The Balaban J connectivity index is 1.51. The average Bonchev–Trinajstić information content (AvgIpc) is 3.40. The minimum Gasteiger partial charge on any atom is -0.497 e. The first-order valence-electron chi connectivity index (χ1n) is 11.9. The van der Waals surface area contributed by atoms with Gasteiger partial charge in [0.25, 0.3) is 0 Å². The van der Waals surface area contributed by atoms with Crippen LogP contribution in [0.2, 0.25) is 0 Å². The molecule has 37 heavy (non-hydrogen) atoms. The molecule has 0 bridgehead atoms. The molecule has 2 amide bonds. The molecular weight excluding hydrogens is 476 g/mol. The van der Waals surface area contributed by atoms with Crippen molar-refractivity contribution in [3.05, 3.63) is 66.2 Å². The van der Waals surface area contributed by atoms with Crippen LogP contribution in [-0.4, -0.2) is 39.9 Å². The molecule has 0 radical (unpaired) electrons. The van der Waals surface area contributed by atoms with Gasteiger partial charge in [-0.25, -0.2) is 0 Å². The van der Waals surface area contributed by atoms with Crippen LogP contribution in [0.1, 0.15) is 24.4 Å². The van der Waals surface area contributed by atoms with E-state index in [1.165, 1.54) is 0 Å². The molecule has 2 unspecified atom stereocenters. The molecule has 0 saturated carbocycles. The van der Waals surface area contributed by atoms with Gasteiger partial charge in [0.15, 0.2) is 23.0 Å². The summed E-state index contributed by atoms with van der Waals surface area (Å²) in [6, 6.07) is 17.5. The van der Waals surface area contributed by atoms with Crippen molar-refractivity contribution >= 4 is 23.2 Å². The summed E-state index contributed by atoms with van der Waals surface area (Å²) >= 11 is 0. The molecule has 1 saturated heterocycles. The summed E-state index contributed by atoms with van der Waals surface area (Å²) in [5.41, 5.74) is 2.03. The zero-order valence-corrected chi connectivity index (χ0v) is 20.9. The quantitative estimate of drug-likeness (QED) is 0.504. The van der Waals surface area contributed by atoms with Crippen LogP contribution in [0.15, 0.2) is 60.7 Å². The lowest BCUT2D eigenvalue weighted by molar-refractivity contribution is -0.125. The van der Waals surface area contributed by atoms with Crippen LogP contribution in [0.3, 0.4) is 0 Å². The zero-order valence-electron chi connectivity index (χ0n) is 20.9. The van der Waals surface area contributed by atoms with Gasteiger partial charge in [-0.05, 0) is 48.4 Å². The Labute approximate surface area is 214 Å². The smallest absolute Gasteiger partial charge is 0.231 e. The number of carbonyl (C=O) groups is 2. The summed E-state index contributed by atoms with van der Waals surface area (Å²) in [7, 11) is 4.69. The van der Waals surface area contributed by atoms with Gasteiger partial charge in [0.05, 0.1) is 33.3 Å². The molecule has 3 aromatic rings. The predicted molar refractivity (Wildman–Crippen MR) is 137 cm³/mol. The van der Waals surface area contributed by atoms with E-state index in [2.05, 4.69) is 5.32 Å². The number of anilines is 2. The first-order chi connectivity index (χ1) is 18.0. The van der Waals surface area contributed by atoms with Crippen molar-refractivity contribution in [2.45, 2.75) is 18.9 Å². The van der Waals surface area contributed by atoms with E-state index in [4.69, 9.17) is 23.7 Å². The first kappa shape index (κ1) is 24.3. The van der Waals surface area contributed by atoms with Crippen LogP contribution in [0.25, 0.3) is 0 Å². The van der Waals surface area contributed by atoms with E-state index in [-0.39, 0.29) is 25.0 Å². The van der Waals surface area contributed by atoms with E-state index in [0.29, 0.717) is 46.5 Å². The topological polar surface area (TPSA) is 95.6 Å². The van der Waals surface area contributed by atoms with Crippen molar-refractivity contribution in [1.82, 2.24) is 0 Å². The highest BCUT2D eigenvalue weighted by Gasteiger charge is 2.42. The summed E-state index contributed by atoms with van der Waals surface area (Å²) in [5.74, 6) is 2.15. The van der Waals surface area contributed by atoms with Crippen LogP contribution in [0.5, 0.6) is 28.7 Å². The third-order valence-electron chi connectivity index (χ3n) is 6.68. The number of piperidine rings is 1. The number of hydrogen-bond donors (Lipinski definition) is 1. The van der Waals surface area contributed by atoms with Crippen molar-refractivity contribution < 1.29 is 33.3 Å². The van der Waals surface area contributed by atoms with Crippen LogP contribution in [0, 0.1) is 5.92 Å². The van der Waals surface area contributed by atoms with Gasteiger partial charge in [0.1, 0.15) is 5.75 Å². The number of carbonyl (C=O) groups excluding carboxylic acids is 2. The summed E-state index contributed by atoms with van der Waals surface area (Å²) in [5, 5.41) is 3.01. The maximum atomic E-state index is 13.7. The minimum absolute atomic E-state index is 0.0742. The van der Waals surface area contributed by atoms with E-state index in [9.17, 15) is 9.59 Å². The van der Waals surface area contributed by atoms with Crippen LogP contribution in [0.4, 0.5) is 11.4 Å². The Morgan fingerprint density at radius 1 is 0.892 bits per heavy atom. The number of methoxy groups -OCH3 is 3. The molecule has 2 atom stereocenters. The normalized spacial score (nSPS) is 18.4. The molecule has 2 aliphatic heterocycles. The minimum atomic E-state index is -0.548. The van der Waals surface area contributed by atoms with Gasteiger partial charge in [-0.3, -0.25) is 9.59 Å². The summed E-state index contributed by atoms with van der Waals surface area (Å²) in [6.07, 6.45) is 0.626. The summed E-state index contributed by atoms with van der Waals surface area (Å²) in [4.78, 5) is 28.7. The van der Waals surface area contributed by atoms with E-state index in [1.54, 1.807) is 56.6 Å². The number of ether oxygens (including phenoxy) is 5. The highest BCUT2D eigenvalue weighted by Crippen LogP contribution is 2.44. The molecule has 192 valence electrons. The molecule has 1 fully saturated rings. The van der Waals surface area contributed by atoms with E-state index in [1.807, 2.05) is 30.3 Å². The Morgan fingerprint density at radius 3 is 2.38 bits per heavy atom. The standard InChI is InChI=1S/C28H28N2O7/c1-33-20-8-4-17(5-9-20)27-21(28(32)29-18-6-11-22(34-2)24(14-18)35-3)10-13-26(31)30(27)19-7-12-23-25(15-19)37-16-36-23/h4-9,11-12,14-15,21,27H,10,13,16H2,1-3H3,(H,29,32). The third-order valence-corrected chi connectivity index (χ3v) is 6.68. The fourth-order valence-electron chi connectivity index (χ4n) is 4.84. The highest BCUT2D eigenvalue weighted by molar-refractivity contribution is 6.00. The molecule has 3 aromatic carbocycles. The predicted octanol–water partition coefficient (Wildman–Crippen LogP) is 4.56. The Morgan fingerprint density at radius 2 is 1.65 bits per heavy atom. The Bertz CT molecular complexity index is 1310. The number of rotatable bonds is 7. The lowest BCUT2D eigenvalue weighted by atomic mass is 9.83. The molecule has 9 heteroatoms. The largest absolute Gasteiger partial charge is 0.497 e. The highest BCUT2D eigenvalue weighted by atomic mass is 16.7. The second-order valence-corrected chi connectivity index (χ2v) is 8.72. The zero-order chi connectivity index (χ0) is 25.9. The van der Waals surface area contributed by atoms with Gasteiger partial charge in [-0.2, -0.15) is 0 Å². The number of nitrogens with zero attached hydrogens (tertiary/aromatic N) is 1. The van der Waals surface area contributed by atoms with E-state index < -0.39 is 12.0 Å². The first-order valence-corrected chi connectivity index (χ1v) is 11.9. The van der Waals surface area contributed by atoms with Crippen molar-refractivity contribution in [1.29, 1.82) is 0 Å². The van der Waals surface area contributed by atoms with E-state index >= 15 is 0 Å². The summed E-state index contributed by atoms with van der Waals surface area (Å²) < 4.78 is 27.0. The van der Waals surface area contributed by atoms with Gasteiger partial charge in [0.2, 0.25) is 18.6 Å². The Hall–Kier alpha value is -4.40. The second-order valence-electron chi connectivity index (χ2n) is 8.72. The molecule has 9 nitrogen and oxygen atoms in total. The molecular formula is C28H28N2O7. The lowest BCUT2D eigenvalue weighted by Crippen LogP contribution is -2.47. The van der Waals surface area contributed by atoms with Crippen LogP contribution in [-0.2, 0) is 9.59 Å². The molecule has 5 rings (SSSR count). The second kappa shape index (κ2) is 10.3. The average molecular weight is 505 g/mol. The SMILES string of the molecule is COc1ccc(C2C(C(=O)Nc3ccc(OC)c(OC)c3)CCC(=O)N2c2ccc3c(c2)OCO3)cc1. The van der Waals surface area contributed by atoms with Crippen molar-refractivity contribution in [2.24, 2.45) is 5.92 Å². The van der Waals surface area contributed by atoms with Crippen molar-refractivity contribution in [3.63, 3.8) is 0 Å². The lowest BCUT2D eigenvalue weighted by Gasteiger charge is -2.41. The van der Waals surface area contributed by atoms with E-state index in [0.717, 1.165) is 5.56 Å². The van der Waals surface area contributed by atoms with Gasteiger partial charge >= 0.3 is 0 Å². The van der Waals surface area contributed by atoms with Gasteiger partial charge in [-0.1, -0.05) is 12.1 Å². The number of hydrogen-bond acceptors (Lipinski definition) is 7. The van der Waals surface area contributed by atoms with Crippen molar-refractivity contribution in [2.75, 3.05) is 38.3 Å². The molecule has 2 aliphatic rings. The fraction of sp³-hybridized carbons (Fsp3) is 0.286. The third kappa shape index (κ3) is 4.72. The van der Waals surface area contributed by atoms with Crippen LogP contribution < -0.4 is 33.9 Å². The van der Waals surface area contributed by atoms with Crippen molar-refractivity contribution in [3.8, 4) is 28.7 Å². The molecule has 1 N–H and O–H groups in total. The molecule has 0 aliphatic carbocycles. The number of amides is 2. The summed E-state index contributed by atoms with van der Waals surface area (Å²) in [6.45, 7) is 0.130. The Kier molecular flexibility index (Phi) is 6.76. The van der Waals surface area contributed by atoms with Gasteiger partial charge in [0, 0.05) is 29.9 Å². The molecule has 2 heterocycles. The monoisotopic (exact) mass is 504 g/mol. The maximum absolute atomic E-state index is 13.7. The number of benzene rings is 3. The number of fused-ring (bicyclic) bond motifs is 1.